The van der Waals surface area contributed by atoms with Crippen LogP contribution in [-0.4, -0.2) is 28.0 Å². The lowest BCUT2D eigenvalue weighted by Crippen LogP contribution is -2.36. The van der Waals surface area contributed by atoms with Gasteiger partial charge in [-0.15, -0.1) is 0 Å². The van der Waals surface area contributed by atoms with Gasteiger partial charge in [-0.1, -0.05) is 49.4 Å². The first kappa shape index (κ1) is 18.9. The molecule has 1 aliphatic rings. The van der Waals surface area contributed by atoms with E-state index in [1.54, 1.807) is 23.1 Å². The van der Waals surface area contributed by atoms with Crippen molar-refractivity contribution in [3.05, 3.63) is 70.6 Å². The summed E-state index contributed by atoms with van der Waals surface area (Å²) in [5.74, 6) is -1.31. The van der Waals surface area contributed by atoms with Crippen LogP contribution in [0.25, 0.3) is 6.08 Å². The van der Waals surface area contributed by atoms with Crippen molar-refractivity contribution in [1.82, 2.24) is 4.90 Å². The number of aliphatic imine (C=N–C) groups is 1. The fraction of sp³-hybridized carbons (Fsp3) is 0.190. The molecule has 0 spiro atoms. The fourth-order valence-electron chi connectivity index (χ4n) is 2.62. The Balaban J connectivity index is 1.94. The molecule has 0 N–H and O–H groups in total. The SMILES string of the molecule is CC[C@H](C)N1C(=O)/C(=C\c2ccc(C(=O)[O-])cc2)SC1=Nc1ccccc1. The van der Waals surface area contributed by atoms with Crippen molar-refractivity contribution in [2.24, 2.45) is 4.99 Å². The third-order valence-corrected chi connectivity index (χ3v) is 5.28. The van der Waals surface area contributed by atoms with Gasteiger partial charge in [0.05, 0.1) is 16.6 Å². The predicted molar refractivity (Wildman–Crippen MR) is 106 cm³/mol. The number of benzene rings is 2. The van der Waals surface area contributed by atoms with Gasteiger partial charge in [0.2, 0.25) is 0 Å². The standard InChI is InChI=1S/C21H20N2O3S/c1-3-14(2)23-19(24)18(13-15-9-11-16(12-10-15)20(25)26)27-21(23)22-17-7-5-4-6-8-17/h4-14H,3H2,1-2H3,(H,25,26)/p-1/b18-13+,22-21?/t14-/m0/s1. The molecule has 1 amide bonds. The number of nitrogens with zero attached hydrogens (tertiary/aromatic N) is 2. The lowest BCUT2D eigenvalue weighted by atomic mass is 10.1. The van der Waals surface area contributed by atoms with E-state index in [1.165, 1.54) is 23.9 Å². The van der Waals surface area contributed by atoms with Crippen molar-refractivity contribution in [2.75, 3.05) is 0 Å². The van der Waals surface area contributed by atoms with Gasteiger partial charge in [-0.3, -0.25) is 9.69 Å². The summed E-state index contributed by atoms with van der Waals surface area (Å²) in [6, 6.07) is 15.8. The normalized spacial score (nSPS) is 18.3. The molecule has 0 aliphatic carbocycles. The van der Waals surface area contributed by atoms with Crippen LogP contribution in [0.1, 0.15) is 36.2 Å². The molecule has 1 heterocycles. The number of amidine groups is 1. The smallest absolute Gasteiger partial charge is 0.266 e. The first-order chi connectivity index (χ1) is 13.0. The third-order valence-electron chi connectivity index (χ3n) is 4.29. The lowest BCUT2D eigenvalue weighted by Gasteiger charge is -2.22. The van der Waals surface area contributed by atoms with Gasteiger partial charge in [0, 0.05) is 6.04 Å². The molecule has 6 heteroatoms. The van der Waals surface area contributed by atoms with Crippen LogP contribution in [-0.2, 0) is 4.79 Å². The highest BCUT2D eigenvalue weighted by Crippen LogP contribution is 2.35. The van der Waals surface area contributed by atoms with Gasteiger partial charge in [-0.2, -0.15) is 0 Å². The lowest BCUT2D eigenvalue weighted by molar-refractivity contribution is -0.255. The number of aromatic carboxylic acids is 1. The number of thioether (sulfide) groups is 1. The molecule has 2 aromatic rings. The molecule has 0 unspecified atom stereocenters. The number of hydrogen-bond donors (Lipinski definition) is 0. The highest BCUT2D eigenvalue weighted by atomic mass is 32.2. The van der Waals surface area contributed by atoms with E-state index < -0.39 is 5.97 Å². The molecule has 1 fully saturated rings. The quantitative estimate of drug-likeness (QED) is 0.746. The van der Waals surface area contributed by atoms with Crippen LogP contribution in [0.2, 0.25) is 0 Å². The van der Waals surface area contributed by atoms with Crippen molar-refractivity contribution < 1.29 is 14.7 Å². The zero-order valence-corrected chi connectivity index (χ0v) is 15.9. The summed E-state index contributed by atoms with van der Waals surface area (Å²) in [4.78, 5) is 30.7. The number of rotatable bonds is 5. The van der Waals surface area contributed by atoms with Gasteiger partial charge in [0.15, 0.2) is 5.17 Å². The number of amides is 1. The molecule has 1 aliphatic heterocycles. The second-order valence-corrected chi connectivity index (χ2v) is 7.19. The van der Waals surface area contributed by atoms with Crippen LogP contribution >= 0.6 is 11.8 Å². The minimum Gasteiger partial charge on any atom is -0.545 e. The van der Waals surface area contributed by atoms with Crippen LogP contribution in [0, 0.1) is 0 Å². The second kappa shape index (κ2) is 8.22. The first-order valence-corrected chi connectivity index (χ1v) is 9.49. The Hall–Kier alpha value is -2.86. The summed E-state index contributed by atoms with van der Waals surface area (Å²) in [5, 5.41) is 11.5. The molecule has 1 atom stereocenters. The highest BCUT2D eigenvalue weighted by molar-refractivity contribution is 8.18. The van der Waals surface area contributed by atoms with Gasteiger partial charge in [-0.05, 0) is 54.4 Å². The molecule has 3 rings (SSSR count). The number of carbonyl (C=O) groups is 2. The molecule has 0 aromatic heterocycles. The average molecular weight is 379 g/mol. The van der Waals surface area contributed by atoms with E-state index in [2.05, 4.69) is 4.99 Å². The first-order valence-electron chi connectivity index (χ1n) is 8.68. The predicted octanol–water partition coefficient (Wildman–Crippen LogP) is 3.45. The second-order valence-electron chi connectivity index (χ2n) is 6.18. The van der Waals surface area contributed by atoms with Crippen molar-refractivity contribution in [1.29, 1.82) is 0 Å². The Morgan fingerprint density at radius 2 is 1.85 bits per heavy atom. The Morgan fingerprint density at radius 3 is 2.44 bits per heavy atom. The zero-order valence-electron chi connectivity index (χ0n) is 15.1. The molecule has 0 saturated carbocycles. The third kappa shape index (κ3) is 4.28. The topological polar surface area (TPSA) is 72.8 Å². The number of carboxylic acid groups (broad SMARTS) is 1. The van der Waals surface area contributed by atoms with Crippen LogP contribution in [0.4, 0.5) is 5.69 Å². The van der Waals surface area contributed by atoms with Crippen LogP contribution in [0.5, 0.6) is 0 Å². The van der Waals surface area contributed by atoms with Crippen LogP contribution in [0.3, 0.4) is 0 Å². The van der Waals surface area contributed by atoms with Gasteiger partial charge < -0.3 is 9.90 Å². The van der Waals surface area contributed by atoms with Crippen molar-refractivity contribution in [3.63, 3.8) is 0 Å². The minimum atomic E-state index is -1.22. The van der Waals surface area contributed by atoms with Crippen LogP contribution < -0.4 is 5.11 Å². The van der Waals surface area contributed by atoms with E-state index in [0.717, 1.165) is 17.7 Å². The van der Waals surface area contributed by atoms with Gasteiger partial charge in [0.1, 0.15) is 0 Å². The Bertz CT molecular complexity index is 905. The summed E-state index contributed by atoms with van der Waals surface area (Å²) in [6.07, 6.45) is 2.57. The van der Waals surface area contributed by atoms with Crippen LogP contribution in [0.15, 0.2) is 64.5 Å². The number of hydrogen-bond acceptors (Lipinski definition) is 5. The average Bonchev–Trinajstić information content (AvgIpc) is 2.97. The molecular formula is C21H19N2O3S-. The summed E-state index contributed by atoms with van der Waals surface area (Å²) in [5.41, 5.74) is 1.65. The largest absolute Gasteiger partial charge is 0.545 e. The number of carbonyl (C=O) groups excluding carboxylic acids is 2. The summed E-state index contributed by atoms with van der Waals surface area (Å²) < 4.78 is 0. The van der Waals surface area contributed by atoms with E-state index >= 15 is 0 Å². The molecule has 138 valence electrons. The molecule has 1 saturated heterocycles. The number of carboxylic acids is 1. The van der Waals surface area contributed by atoms with E-state index in [-0.39, 0.29) is 17.5 Å². The Morgan fingerprint density at radius 1 is 1.19 bits per heavy atom. The molecule has 0 bridgehead atoms. The van der Waals surface area contributed by atoms with Gasteiger partial charge in [-0.25, -0.2) is 4.99 Å². The summed E-state index contributed by atoms with van der Waals surface area (Å²) >= 11 is 1.33. The molecular weight excluding hydrogens is 360 g/mol. The maximum atomic E-state index is 12.9. The van der Waals surface area contributed by atoms with Gasteiger partial charge >= 0.3 is 0 Å². The molecule has 0 radical (unpaired) electrons. The Kier molecular flexibility index (Phi) is 5.76. The van der Waals surface area contributed by atoms with Crippen molar-refractivity contribution in [3.8, 4) is 0 Å². The monoisotopic (exact) mass is 379 g/mol. The Labute approximate surface area is 162 Å². The van der Waals surface area contributed by atoms with Crippen molar-refractivity contribution >= 4 is 40.6 Å². The zero-order chi connectivity index (χ0) is 19.4. The summed E-state index contributed by atoms with van der Waals surface area (Å²) in [7, 11) is 0. The van der Waals surface area contributed by atoms with E-state index in [9.17, 15) is 14.7 Å². The van der Waals surface area contributed by atoms with E-state index in [0.29, 0.717) is 10.1 Å². The van der Waals surface area contributed by atoms with Crippen molar-refractivity contribution in [2.45, 2.75) is 26.3 Å². The maximum absolute atomic E-state index is 12.9. The maximum Gasteiger partial charge on any atom is 0.266 e. The fourth-order valence-corrected chi connectivity index (χ4v) is 3.71. The minimum absolute atomic E-state index is 0.0267. The number of para-hydroxylation sites is 1. The highest BCUT2D eigenvalue weighted by Gasteiger charge is 2.36. The molecule has 2 aromatic carbocycles. The molecule has 5 nitrogen and oxygen atoms in total. The van der Waals surface area contributed by atoms with E-state index in [4.69, 9.17) is 0 Å². The van der Waals surface area contributed by atoms with E-state index in [1.807, 2.05) is 44.2 Å². The summed E-state index contributed by atoms with van der Waals surface area (Å²) in [6.45, 7) is 4.03. The van der Waals surface area contributed by atoms with Gasteiger partial charge in [0.25, 0.3) is 5.91 Å². The molecule has 27 heavy (non-hydrogen) atoms.